The summed E-state index contributed by atoms with van der Waals surface area (Å²) in [7, 11) is 9.31. The highest BCUT2D eigenvalue weighted by atomic mass is 31.2. The van der Waals surface area contributed by atoms with E-state index in [0.717, 1.165) is 5.01 Å². The summed E-state index contributed by atoms with van der Waals surface area (Å²) in [6, 6.07) is 8.44. The third-order valence-electron chi connectivity index (χ3n) is 4.18. The number of nitrogens with one attached hydrogen (secondary N) is 1. The summed E-state index contributed by atoms with van der Waals surface area (Å²) in [5, 5.41) is 8.45. The molecular weight excluding hydrogens is 351 g/mol. The zero-order valence-corrected chi connectivity index (χ0v) is 17.3. The van der Waals surface area contributed by atoms with Gasteiger partial charge in [-0.1, -0.05) is 18.2 Å². The standard InChI is InChI=1S/C17H27N6O2P/c1-13-15(26(20(2)3,21(4)5)22(6)7)16(24)23(19-13)17(25)18-14-11-9-8-10-12-14/h8-12H,1-7H3,(H,18,25). The van der Waals surface area contributed by atoms with Crippen LogP contribution < -0.4 is 5.32 Å². The fourth-order valence-electron chi connectivity index (χ4n) is 3.35. The number of hydrogen-bond acceptors (Lipinski definition) is 6. The largest absolute Gasteiger partial charge is 0.349 e. The number of urea groups is 1. The average Bonchev–Trinajstić information content (AvgIpc) is 2.84. The first-order valence-electron chi connectivity index (χ1n) is 8.20. The number of hydrazone groups is 1. The molecule has 0 radical (unpaired) electrons. The van der Waals surface area contributed by atoms with Crippen molar-refractivity contribution in [2.45, 2.75) is 6.92 Å². The molecule has 9 heteroatoms. The molecule has 1 aliphatic rings. The topological polar surface area (TPSA) is 71.5 Å². The van der Waals surface area contributed by atoms with Crippen molar-refractivity contribution in [2.24, 2.45) is 5.10 Å². The Morgan fingerprint density at radius 1 is 1.00 bits per heavy atom. The van der Waals surface area contributed by atoms with Gasteiger partial charge in [-0.05, 0) is 61.3 Å². The van der Waals surface area contributed by atoms with Crippen LogP contribution in [0, 0.1) is 0 Å². The lowest BCUT2D eigenvalue weighted by Gasteiger charge is -2.44. The molecule has 1 aliphatic heterocycles. The lowest BCUT2D eigenvalue weighted by atomic mass is 10.3. The van der Waals surface area contributed by atoms with Crippen LogP contribution in [-0.4, -0.2) is 84.2 Å². The van der Waals surface area contributed by atoms with E-state index in [1.165, 1.54) is 0 Å². The number of carbonyl (C=O) groups is 2. The van der Waals surface area contributed by atoms with E-state index < -0.39 is 13.4 Å². The SMILES string of the molecule is CC1=NN(C(=O)Nc2ccccc2)C(=O)C1=P(N(C)C)(N(C)C)N(C)C. The van der Waals surface area contributed by atoms with E-state index in [9.17, 15) is 9.59 Å². The van der Waals surface area contributed by atoms with Gasteiger partial charge in [-0.3, -0.25) is 18.8 Å². The molecule has 0 fully saturated rings. The number of nitrogens with zero attached hydrogens (tertiary/aromatic N) is 5. The maximum Gasteiger partial charge on any atom is 0.349 e. The molecule has 1 aromatic rings. The first-order valence-corrected chi connectivity index (χ1v) is 9.84. The van der Waals surface area contributed by atoms with Crippen LogP contribution in [0.25, 0.3) is 0 Å². The number of benzene rings is 1. The summed E-state index contributed by atoms with van der Waals surface area (Å²) in [6.45, 7) is 1.77. The van der Waals surface area contributed by atoms with E-state index >= 15 is 0 Å². The number of anilines is 1. The van der Waals surface area contributed by atoms with Crippen molar-refractivity contribution in [1.29, 1.82) is 0 Å². The Labute approximate surface area is 155 Å². The molecule has 0 unspecified atom stereocenters. The molecule has 0 aromatic heterocycles. The van der Waals surface area contributed by atoms with E-state index in [0.29, 0.717) is 16.7 Å². The molecule has 1 heterocycles. The number of hydrogen-bond donors (Lipinski definition) is 1. The number of amides is 3. The Bertz CT molecular complexity index is 757. The summed E-state index contributed by atoms with van der Waals surface area (Å²) in [5.74, 6) is -0.389. The summed E-state index contributed by atoms with van der Waals surface area (Å²) >= 11 is 0. The molecular formula is C17H27N6O2P. The average molecular weight is 378 g/mol. The molecule has 142 valence electrons. The van der Waals surface area contributed by atoms with Crippen LogP contribution in [0.15, 0.2) is 35.4 Å². The van der Waals surface area contributed by atoms with E-state index in [2.05, 4.69) is 10.4 Å². The molecule has 0 aliphatic carbocycles. The minimum atomic E-state index is -2.32. The maximum atomic E-state index is 13.2. The zero-order chi connectivity index (χ0) is 19.6. The highest BCUT2D eigenvalue weighted by Crippen LogP contribution is 2.55. The Balaban J connectivity index is 2.50. The molecule has 0 saturated carbocycles. The highest BCUT2D eigenvalue weighted by Gasteiger charge is 2.43. The van der Waals surface area contributed by atoms with Crippen LogP contribution in [0.3, 0.4) is 0 Å². The minimum absolute atomic E-state index is 0.389. The van der Waals surface area contributed by atoms with E-state index in [1.807, 2.05) is 74.5 Å². The maximum absolute atomic E-state index is 13.2. The van der Waals surface area contributed by atoms with Gasteiger partial charge in [-0.2, -0.15) is 5.10 Å². The Hall–Kier alpha value is -1.99. The lowest BCUT2D eigenvalue weighted by Crippen LogP contribution is -2.42. The van der Waals surface area contributed by atoms with Crippen molar-refractivity contribution in [1.82, 2.24) is 19.0 Å². The molecule has 0 saturated heterocycles. The predicted molar refractivity (Wildman–Crippen MR) is 108 cm³/mol. The van der Waals surface area contributed by atoms with Gasteiger partial charge in [0.2, 0.25) is 0 Å². The van der Waals surface area contributed by atoms with Crippen molar-refractivity contribution in [3.05, 3.63) is 30.3 Å². The molecule has 3 amide bonds. The molecule has 0 spiro atoms. The third-order valence-corrected chi connectivity index (χ3v) is 8.64. The Morgan fingerprint density at radius 2 is 1.50 bits per heavy atom. The smallest absolute Gasteiger partial charge is 0.306 e. The van der Waals surface area contributed by atoms with Crippen molar-refractivity contribution in [2.75, 3.05) is 47.6 Å². The summed E-state index contributed by atoms with van der Waals surface area (Å²) < 4.78 is 6.12. The second-order valence-corrected chi connectivity index (χ2v) is 10.5. The van der Waals surface area contributed by atoms with Gasteiger partial charge in [0, 0.05) is 5.69 Å². The molecule has 26 heavy (non-hydrogen) atoms. The van der Waals surface area contributed by atoms with Crippen LogP contribution in [-0.2, 0) is 4.79 Å². The van der Waals surface area contributed by atoms with Gasteiger partial charge in [0.15, 0.2) is 0 Å². The zero-order valence-electron chi connectivity index (χ0n) is 16.4. The monoisotopic (exact) mass is 378 g/mol. The van der Waals surface area contributed by atoms with Crippen LogP contribution in [0.2, 0.25) is 0 Å². The summed E-state index contributed by atoms with van der Waals surface area (Å²) in [6.07, 6.45) is 0. The fraction of sp³-hybridized carbons (Fsp3) is 0.412. The normalized spacial score (nSPS) is 15.3. The first-order chi connectivity index (χ1) is 12.1. The minimum Gasteiger partial charge on any atom is -0.306 e. The van der Waals surface area contributed by atoms with Gasteiger partial charge in [0.1, 0.15) is 5.29 Å². The van der Waals surface area contributed by atoms with E-state index in [4.69, 9.17) is 0 Å². The molecule has 0 atom stereocenters. The van der Waals surface area contributed by atoms with Crippen LogP contribution in [0.1, 0.15) is 6.92 Å². The Kier molecular flexibility index (Phi) is 6.03. The number of rotatable bonds is 4. The fourth-order valence-corrected chi connectivity index (χ4v) is 7.53. The van der Waals surface area contributed by atoms with Crippen LogP contribution in [0.5, 0.6) is 0 Å². The second kappa shape index (κ2) is 7.72. The van der Waals surface area contributed by atoms with Crippen molar-refractivity contribution < 1.29 is 9.59 Å². The Morgan fingerprint density at radius 3 is 1.96 bits per heavy atom. The van der Waals surface area contributed by atoms with Gasteiger partial charge in [0.25, 0.3) is 5.91 Å². The second-order valence-electron chi connectivity index (χ2n) is 6.56. The number of para-hydroxylation sites is 1. The van der Waals surface area contributed by atoms with Gasteiger partial charge < -0.3 is 5.32 Å². The molecule has 1 N–H and O–H groups in total. The molecule has 1 aromatic carbocycles. The quantitative estimate of drug-likeness (QED) is 0.812. The highest BCUT2D eigenvalue weighted by molar-refractivity contribution is 7.73. The van der Waals surface area contributed by atoms with Crippen LogP contribution >= 0.6 is 7.34 Å². The van der Waals surface area contributed by atoms with E-state index in [-0.39, 0.29) is 5.91 Å². The predicted octanol–water partition coefficient (Wildman–Crippen LogP) is 2.06. The van der Waals surface area contributed by atoms with Gasteiger partial charge in [-0.15, -0.1) is 5.01 Å². The van der Waals surface area contributed by atoms with Crippen molar-refractivity contribution >= 4 is 36.0 Å². The first kappa shape index (κ1) is 20.3. The van der Waals surface area contributed by atoms with Gasteiger partial charge in [0.05, 0.1) is 13.0 Å². The lowest BCUT2D eigenvalue weighted by molar-refractivity contribution is -0.120. The summed E-state index contributed by atoms with van der Waals surface area (Å²) in [5.41, 5.74) is 1.17. The summed E-state index contributed by atoms with van der Waals surface area (Å²) in [4.78, 5) is 25.8. The van der Waals surface area contributed by atoms with Crippen LogP contribution in [0.4, 0.5) is 10.5 Å². The van der Waals surface area contributed by atoms with Gasteiger partial charge in [-0.25, -0.2) is 4.79 Å². The van der Waals surface area contributed by atoms with E-state index in [1.54, 1.807) is 19.1 Å². The van der Waals surface area contributed by atoms with Gasteiger partial charge >= 0.3 is 6.03 Å². The van der Waals surface area contributed by atoms with Crippen molar-refractivity contribution in [3.8, 4) is 0 Å². The molecule has 0 bridgehead atoms. The molecule has 2 rings (SSSR count). The molecule has 8 nitrogen and oxygen atoms in total. The number of imide groups is 1. The van der Waals surface area contributed by atoms with Crippen molar-refractivity contribution in [3.63, 3.8) is 0 Å². The number of carbonyl (C=O) groups excluding carboxylic acids is 2. The third kappa shape index (κ3) is 3.33.